The van der Waals surface area contributed by atoms with Gasteiger partial charge in [0.05, 0.1) is 84.5 Å². The fraction of sp³-hybridized carbons (Fsp3) is 0.138. The van der Waals surface area contributed by atoms with E-state index in [1.165, 1.54) is 0 Å². The van der Waals surface area contributed by atoms with Gasteiger partial charge in [0, 0.05) is 104 Å². The standard InChI is InChI=1S/2C29H26N6O2.C25H20N6.C4H7ClO2/c2*1-19(2)37-29(36)33-23-15-21(16-30-17-23)27-25-13-8-12-24(20-9-4-3-5-10-20)26(25)28(35-34-27)32-18-22-11-6-7-14-31-22;26-19-13-18(14-27-15-19)24-22-11-6-10-21(17-7-2-1-3-8-17)23(22)25(31-30-24)29-16-20-9-4-5-12-28-20;1-3(2)7-4(5)6/h2*3-17,19H,18H2,1-2H3,(H,32,35)(H,33,36);1-15H,16,26H2,(H,29,31);3H,1-2H3. The van der Waals surface area contributed by atoms with Gasteiger partial charge in [-0.3, -0.25) is 40.5 Å². The van der Waals surface area contributed by atoms with Crippen molar-refractivity contribution < 1.29 is 28.6 Å². The van der Waals surface area contributed by atoms with Gasteiger partial charge >= 0.3 is 17.6 Å². The number of carbonyl (C=O) groups is 3. The second kappa shape index (κ2) is 38.0. The Kier molecular flexibility index (Phi) is 26.3. The van der Waals surface area contributed by atoms with Crippen molar-refractivity contribution in [1.29, 1.82) is 0 Å². The minimum absolute atomic E-state index is 0.106. The SMILES string of the molecule is CC(C)OC(=O)Cl.CC(C)OC(=O)Nc1cncc(-c2nnc(NCc3ccccn3)c3c(-c4ccccc4)cccc23)c1.CC(C)OC(=O)Nc1cncc(-c2nnc(NCc3ccccn3)c3c(-c4ccccc4)cccc23)c1.Nc1cncc(-c2nnc(NCc3ccccn3)c3c(-c4ccccc4)cccc23)c1. The maximum Gasteiger partial charge on any atom is 0.411 e. The number of fused-ring (bicyclic) bond motifs is 3. The highest BCUT2D eigenvalue weighted by Crippen LogP contribution is 2.41. The molecule has 0 spiro atoms. The zero-order chi connectivity index (χ0) is 78.1. The van der Waals surface area contributed by atoms with Gasteiger partial charge in [0.1, 0.15) is 17.1 Å². The highest BCUT2D eigenvalue weighted by atomic mass is 35.5. The molecule has 15 rings (SSSR count). The molecule has 2 amide bonds. The van der Waals surface area contributed by atoms with Crippen LogP contribution in [0.2, 0.25) is 0 Å². The first-order valence-corrected chi connectivity index (χ1v) is 36.4. The smallest absolute Gasteiger partial charge is 0.411 e. The van der Waals surface area contributed by atoms with Crippen molar-refractivity contribution in [3.63, 3.8) is 0 Å². The fourth-order valence-corrected chi connectivity index (χ4v) is 12.2. The summed E-state index contributed by atoms with van der Waals surface area (Å²) in [7, 11) is 0. The third kappa shape index (κ3) is 20.7. The van der Waals surface area contributed by atoms with E-state index in [0.29, 0.717) is 65.5 Å². The Labute approximate surface area is 651 Å². The van der Waals surface area contributed by atoms with E-state index >= 15 is 0 Å². The summed E-state index contributed by atoms with van der Waals surface area (Å²) in [6.45, 7) is 12.2. The molecule has 9 aromatic heterocycles. The van der Waals surface area contributed by atoms with Gasteiger partial charge in [-0.1, -0.05) is 164 Å². The Morgan fingerprint density at radius 2 is 0.679 bits per heavy atom. The summed E-state index contributed by atoms with van der Waals surface area (Å²) in [6, 6.07) is 72.0. The summed E-state index contributed by atoms with van der Waals surface area (Å²) in [5.41, 5.74) is 20.3. The predicted octanol–water partition coefficient (Wildman–Crippen LogP) is 19.4. The number of nitrogens with zero attached hydrogens (tertiary/aromatic N) is 12. The second-order valence-electron chi connectivity index (χ2n) is 26.0. The van der Waals surface area contributed by atoms with Crippen LogP contribution < -0.4 is 32.3 Å². The van der Waals surface area contributed by atoms with Crippen LogP contribution >= 0.6 is 11.6 Å². The Morgan fingerprint density at radius 3 is 0.973 bits per heavy atom. The van der Waals surface area contributed by atoms with Crippen molar-refractivity contribution in [1.82, 2.24) is 60.5 Å². The lowest BCUT2D eigenvalue weighted by atomic mass is 9.96. The summed E-state index contributed by atoms with van der Waals surface area (Å²) in [4.78, 5) is 60.1. The molecule has 0 aliphatic heterocycles. The van der Waals surface area contributed by atoms with E-state index in [0.717, 1.165) is 105 Å². The van der Waals surface area contributed by atoms with Gasteiger partial charge in [-0.05, 0) is 130 Å². The Bertz CT molecular complexity index is 5440. The molecular formula is C87H79ClN18O6. The van der Waals surface area contributed by atoms with E-state index in [4.69, 9.17) is 26.8 Å². The van der Waals surface area contributed by atoms with Crippen molar-refractivity contribution in [3.05, 3.63) is 291 Å². The number of nitrogens with one attached hydrogen (secondary N) is 5. The van der Waals surface area contributed by atoms with E-state index < -0.39 is 17.6 Å². The Morgan fingerprint density at radius 1 is 0.357 bits per heavy atom. The molecular weight excluding hydrogens is 1430 g/mol. The number of hydrogen-bond donors (Lipinski definition) is 6. The van der Waals surface area contributed by atoms with Crippen LogP contribution in [0.3, 0.4) is 0 Å². The number of rotatable bonds is 20. The van der Waals surface area contributed by atoms with E-state index in [9.17, 15) is 14.4 Å². The molecule has 560 valence electrons. The molecule has 6 aromatic carbocycles. The van der Waals surface area contributed by atoms with E-state index in [2.05, 4.69) is 152 Å². The maximum atomic E-state index is 12.1. The van der Waals surface area contributed by atoms with E-state index in [-0.39, 0.29) is 18.3 Å². The monoisotopic (exact) mass is 1510 g/mol. The summed E-state index contributed by atoms with van der Waals surface area (Å²) in [5.74, 6) is 2.03. The lowest BCUT2D eigenvalue weighted by molar-refractivity contribution is 0.129. The van der Waals surface area contributed by atoms with Gasteiger partial charge in [-0.15, -0.1) is 30.6 Å². The van der Waals surface area contributed by atoms with Crippen LogP contribution in [-0.2, 0) is 33.8 Å². The molecule has 0 fully saturated rings. The molecule has 112 heavy (non-hydrogen) atoms. The predicted molar refractivity (Wildman–Crippen MR) is 442 cm³/mol. The van der Waals surface area contributed by atoms with Crippen LogP contribution in [0.5, 0.6) is 0 Å². The van der Waals surface area contributed by atoms with Crippen molar-refractivity contribution in [2.45, 2.75) is 79.5 Å². The summed E-state index contributed by atoms with van der Waals surface area (Å²) in [5, 5.41) is 48.8. The zero-order valence-electron chi connectivity index (χ0n) is 62.1. The number of aromatic nitrogens is 12. The summed E-state index contributed by atoms with van der Waals surface area (Å²) in [6.07, 6.45) is 13.6. The van der Waals surface area contributed by atoms with Gasteiger partial charge in [-0.2, -0.15) is 0 Å². The minimum atomic E-state index is -0.741. The number of halogens is 1. The third-order valence-electron chi connectivity index (χ3n) is 16.7. The van der Waals surface area contributed by atoms with Gasteiger partial charge < -0.3 is 35.9 Å². The Balaban J connectivity index is 0.000000150. The molecule has 0 bridgehead atoms. The third-order valence-corrected chi connectivity index (χ3v) is 16.8. The van der Waals surface area contributed by atoms with Crippen LogP contribution in [0.25, 0.3) is 99.5 Å². The Hall–Kier alpha value is -14.3. The van der Waals surface area contributed by atoms with Gasteiger partial charge in [0.2, 0.25) is 0 Å². The first-order chi connectivity index (χ1) is 54.6. The topological polar surface area (TPSA) is 320 Å². The molecule has 0 saturated heterocycles. The minimum Gasteiger partial charge on any atom is -0.451 e. The normalized spacial score (nSPS) is 10.8. The molecule has 0 saturated carbocycles. The number of ether oxygens (including phenoxy) is 3. The van der Waals surface area contributed by atoms with Gasteiger partial charge in [-0.25, -0.2) is 14.4 Å². The lowest BCUT2D eigenvalue weighted by Gasteiger charge is -2.15. The van der Waals surface area contributed by atoms with Crippen molar-refractivity contribution >= 4 is 96.0 Å². The lowest BCUT2D eigenvalue weighted by Crippen LogP contribution is -2.18. The van der Waals surface area contributed by atoms with Crippen molar-refractivity contribution in [2.24, 2.45) is 0 Å². The molecule has 0 aliphatic carbocycles. The molecule has 0 atom stereocenters. The summed E-state index contributed by atoms with van der Waals surface area (Å²) >= 11 is 4.81. The quantitative estimate of drug-likeness (QED) is 0.0305. The molecule has 0 unspecified atom stereocenters. The average Bonchev–Trinajstić information content (AvgIpc) is 0.784. The van der Waals surface area contributed by atoms with Crippen LogP contribution in [0, 0.1) is 0 Å². The zero-order valence-corrected chi connectivity index (χ0v) is 62.9. The average molecular weight is 1510 g/mol. The number of nitrogens with two attached hydrogens (primary N) is 1. The first-order valence-electron chi connectivity index (χ1n) is 36.0. The molecule has 25 heteroatoms. The molecule has 15 aromatic rings. The van der Waals surface area contributed by atoms with Gasteiger partial charge in [0.15, 0.2) is 17.5 Å². The number of pyridine rings is 6. The number of anilines is 6. The number of amides is 2. The maximum absolute atomic E-state index is 12.1. The van der Waals surface area contributed by atoms with Crippen molar-refractivity contribution in [2.75, 3.05) is 32.3 Å². The van der Waals surface area contributed by atoms with E-state index in [1.54, 1.807) is 97.3 Å². The van der Waals surface area contributed by atoms with Crippen molar-refractivity contribution in [3.8, 4) is 67.2 Å². The first kappa shape index (κ1) is 77.4. The second-order valence-corrected chi connectivity index (χ2v) is 26.3. The molecule has 7 N–H and O–H groups in total. The fourth-order valence-electron chi connectivity index (χ4n) is 12.0. The van der Waals surface area contributed by atoms with Crippen LogP contribution in [-0.4, -0.2) is 96.4 Å². The van der Waals surface area contributed by atoms with E-state index in [1.807, 2.05) is 158 Å². The van der Waals surface area contributed by atoms with Crippen LogP contribution in [0.4, 0.5) is 48.9 Å². The molecule has 0 aliphatic rings. The highest BCUT2D eigenvalue weighted by Gasteiger charge is 2.21. The molecule has 0 radical (unpaired) electrons. The number of benzene rings is 6. The number of hydrogen-bond acceptors (Lipinski definition) is 22. The molecule has 9 heterocycles. The number of nitrogen functional groups attached to an aromatic ring is 1. The highest BCUT2D eigenvalue weighted by molar-refractivity contribution is 6.61. The largest absolute Gasteiger partial charge is 0.451 e. The molecule has 24 nitrogen and oxygen atoms in total. The number of carbonyl (C=O) groups excluding carboxylic acids is 3. The van der Waals surface area contributed by atoms with Crippen LogP contribution in [0.1, 0.15) is 58.6 Å². The van der Waals surface area contributed by atoms with Crippen LogP contribution in [0.15, 0.2) is 274 Å². The van der Waals surface area contributed by atoms with Gasteiger partial charge in [0.25, 0.3) is 0 Å². The summed E-state index contributed by atoms with van der Waals surface area (Å²) < 4.78 is 14.8.